The van der Waals surface area contributed by atoms with Crippen LogP contribution in [0.3, 0.4) is 0 Å². The Kier molecular flexibility index (Phi) is 14.0. The summed E-state index contributed by atoms with van der Waals surface area (Å²) in [5, 5.41) is 5.17. The Morgan fingerprint density at radius 2 is 1.00 bits per heavy atom. The first-order valence-corrected chi connectivity index (χ1v) is 26.8. The van der Waals surface area contributed by atoms with Crippen molar-refractivity contribution in [1.29, 1.82) is 0 Å². The molecule has 1 aliphatic rings. The summed E-state index contributed by atoms with van der Waals surface area (Å²) in [7, 11) is -7.66. The first kappa shape index (κ1) is 42.3. The molecule has 4 aromatic rings. The van der Waals surface area contributed by atoms with Crippen molar-refractivity contribution in [3.05, 3.63) is 133 Å². The largest absolute Gasteiger partial charge is 0.407 e. The van der Waals surface area contributed by atoms with E-state index in [4.69, 9.17) is 17.7 Å². The van der Waals surface area contributed by atoms with Gasteiger partial charge in [0, 0.05) is 19.1 Å². The Morgan fingerprint density at radius 1 is 0.593 bits per heavy atom. The van der Waals surface area contributed by atoms with Crippen molar-refractivity contribution in [3.63, 3.8) is 0 Å². The quantitative estimate of drug-likeness (QED) is 0.0727. The van der Waals surface area contributed by atoms with Gasteiger partial charge in [0.05, 0.1) is 12.2 Å². The predicted octanol–water partition coefficient (Wildman–Crippen LogP) is 9.62. The molecule has 1 heterocycles. The van der Waals surface area contributed by atoms with E-state index in [1.54, 1.807) is 0 Å². The monoisotopic (exact) mass is 778 g/mol. The van der Waals surface area contributed by atoms with Gasteiger partial charge in [-0.1, -0.05) is 189 Å². The van der Waals surface area contributed by atoms with E-state index in [9.17, 15) is 0 Å². The Bertz CT molecular complexity index is 1660. The van der Waals surface area contributed by atoms with Crippen molar-refractivity contribution in [2.75, 3.05) is 13.2 Å². The molecule has 4 aromatic carbocycles. The van der Waals surface area contributed by atoms with E-state index in [1.165, 1.54) is 20.7 Å². The van der Waals surface area contributed by atoms with E-state index in [0.29, 0.717) is 6.61 Å². The summed E-state index contributed by atoms with van der Waals surface area (Å²) in [6, 6.07) is 43.7. The minimum Gasteiger partial charge on any atom is -0.407 e. The highest BCUT2D eigenvalue weighted by atomic mass is 28.4. The van der Waals surface area contributed by atoms with Gasteiger partial charge in [0.1, 0.15) is 0 Å². The minimum atomic E-state index is -2.65. The molecule has 0 saturated carbocycles. The highest BCUT2D eigenvalue weighted by molar-refractivity contribution is 7.00. The maximum atomic E-state index is 7.37. The van der Waals surface area contributed by atoms with Gasteiger partial charge in [-0.15, -0.1) is 0 Å². The van der Waals surface area contributed by atoms with Crippen LogP contribution in [0.15, 0.2) is 133 Å². The van der Waals surface area contributed by atoms with Crippen LogP contribution in [-0.2, 0) is 17.7 Å². The summed E-state index contributed by atoms with van der Waals surface area (Å²) in [4.78, 5) is 0. The fourth-order valence-corrected chi connectivity index (χ4v) is 20.0. The summed E-state index contributed by atoms with van der Waals surface area (Å²) in [6.45, 7) is 24.4. The zero-order chi connectivity index (χ0) is 39.0. The average molecular weight is 779 g/mol. The highest BCUT2D eigenvalue weighted by Gasteiger charge is 2.51. The molecule has 5 rings (SSSR count). The maximum Gasteiger partial charge on any atom is 0.332 e. The van der Waals surface area contributed by atoms with Gasteiger partial charge >= 0.3 is 8.56 Å². The van der Waals surface area contributed by atoms with Crippen LogP contribution >= 0.6 is 0 Å². The van der Waals surface area contributed by atoms with Gasteiger partial charge in [-0.05, 0) is 69.1 Å². The van der Waals surface area contributed by atoms with Crippen LogP contribution in [0.5, 0.6) is 0 Å². The molecule has 0 fully saturated rings. The van der Waals surface area contributed by atoms with E-state index >= 15 is 0 Å². The molecule has 1 aliphatic heterocycles. The summed E-state index contributed by atoms with van der Waals surface area (Å²) in [6.07, 6.45) is 7.64. The van der Waals surface area contributed by atoms with Crippen LogP contribution < -0.4 is 20.7 Å². The molecule has 4 atom stereocenters. The third-order valence-corrected chi connectivity index (χ3v) is 22.9. The number of benzene rings is 4. The molecule has 0 N–H and O–H groups in total. The summed E-state index contributed by atoms with van der Waals surface area (Å²) >= 11 is 0. The summed E-state index contributed by atoms with van der Waals surface area (Å²) in [5.74, 6) is 0.413. The van der Waals surface area contributed by atoms with Crippen molar-refractivity contribution in [1.82, 2.24) is 0 Å². The molecule has 0 amide bonds. The topological polar surface area (TPSA) is 36.9 Å². The zero-order valence-corrected chi connectivity index (χ0v) is 37.7. The lowest BCUT2D eigenvalue weighted by molar-refractivity contribution is 0.0249. The number of rotatable bonds is 14. The third kappa shape index (κ3) is 9.55. The lowest BCUT2D eigenvalue weighted by Crippen LogP contribution is -2.67. The van der Waals surface area contributed by atoms with Gasteiger partial charge in [0.25, 0.3) is 16.6 Å². The predicted molar refractivity (Wildman–Crippen MR) is 236 cm³/mol. The SMILES string of the molecule is C[C@@H]1/C=C\C(CCCCO[Si](c2ccccc2)(c2ccccc2)C(C)(C)C)O[Si](C)(C)O[C@@H]1[C@@H](C)CO[Si](c1ccccc1)(c1ccccc1)C(C)(C)C. The fourth-order valence-electron chi connectivity index (χ4n) is 8.61. The smallest absolute Gasteiger partial charge is 0.332 e. The fraction of sp³-hybridized carbons (Fsp3) is 0.447. The molecule has 0 aromatic heterocycles. The molecule has 0 aliphatic carbocycles. The number of hydrogen-bond donors (Lipinski definition) is 0. The highest BCUT2D eigenvalue weighted by Crippen LogP contribution is 2.39. The lowest BCUT2D eigenvalue weighted by atomic mass is 9.93. The second kappa shape index (κ2) is 17.9. The van der Waals surface area contributed by atoms with E-state index in [-0.39, 0.29) is 34.1 Å². The lowest BCUT2D eigenvalue weighted by Gasteiger charge is -2.45. The van der Waals surface area contributed by atoms with Gasteiger partial charge in [-0.3, -0.25) is 0 Å². The van der Waals surface area contributed by atoms with Crippen molar-refractivity contribution in [2.45, 2.75) is 110 Å². The van der Waals surface area contributed by atoms with Crippen LogP contribution in [0, 0.1) is 11.8 Å². The molecule has 1 unspecified atom stereocenters. The van der Waals surface area contributed by atoms with Crippen molar-refractivity contribution >= 4 is 45.9 Å². The van der Waals surface area contributed by atoms with E-state index in [1.807, 2.05) is 0 Å². The summed E-state index contributed by atoms with van der Waals surface area (Å²) in [5.41, 5.74) is 0. The van der Waals surface area contributed by atoms with Gasteiger partial charge in [0.2, 0.25) is 0 Å². The van der Waals surface area contributed by atoms with Crippen LogP contribution in [0.4, 0.5) is 0 Å². The van der Waals surface area contributed by atoms with Gasteiger partial charge in [-0.25, -0.2) is 0 Å². The molecular formula is C47H66O4Si3. The molecular weight excluding hydrogens is 713 g/mol. The average Bonchev–Trinajstić information content (AvgIpc) is 3.14. The third-order valence-electron chi connectivity index (χ3n) is 11.2. The number of unbranched alkanes of at least 4 members (excludes halogenated alkanes) is 1. The molecule has 0 saturated heterocycles. The second-order valence-electron chi connectivity index (χ2n) is 17.8. The number of hydrogen-bond acceptors (Lipinski definition) is 4. The Morgan fingerprint density at radius 3 is 1.41 bits per heavy atom. The Labute approximate surface area is 330 Å². The van der Waals surface area contributed by atoms with Crippen LogP contribution in [-0.4, -0.2) is 50.6 Å². The van der Waals surface area contributed by atoms with Crippen molar-refractivity contribution in [3.8, 4) is 0 Å². The minimum absolute atomic E-state index is 0.00179. The van der Waals surface area contributed by atoms with Crippen molar-refractivity contribution < 1.29 is 17.7 Å². The second-order valence-corrected chi connectivity index (χ2v) is 29.7. The standard InChI is InChI=1S/C47H66O4Si3/c1-38-34-35-40(25-23-24-36-48-53(46(3,4)5,41-26-15-11-16-27-41)42-28-17-12-18-29-42)50-52(9,10)51-45(38)39(2)37-49-54(47(6,7)8,43-30-19-13-20-31-43)44-32-21-14-22-33-44/h11-22,26-35,38-40,45H,23-25,36-37H2,1-10H3/b35-34-/t38-,39+,40?,45+/m1/s1. The Hall–Kier alpha value is -2.89. The first-order valence-electron chi connectivity index (χ1n) is 20.1. The molecule has 54 heavy (non-hydrogen) atoms. The molecule has 7 heteroatoms. The van der Waals surface area contributed by atoms with Crippen LogP contribution in [0.2, 0.25) is 23.2 Å². The molecule has 0 spiro atoms. The van der Waals surface area contributed by atoms with E-state index in [2.05, 4.69) is 202 Å². The van der Waals surface area contributed by atoms with E-state index < -0.39 is 25.2 Å². The van der Waals surface area contributed by atoms with Crippen LogP contribution in [0.1, 0.15) is 74.7 Å². The van der Waals surface area contributed by atoms with Gasteiger partial charge in [-0.2, -0.15) is 0 Å². The normalized spacial score (nSPS) is 20.8. The van der Waals surface area contributed by atoms with E-state index in [0.717, 1.165) is 25.9 Å². The van der Waals surface area contributed by atoms with Crippen molar-refractivity contribution in [2.24, 2.45) is 11.8 Å². The van der Waals surface area contributed by atoms with Crippen LogP contribution in [0.25, 0.3) is 0 Å². The van der Waals surface area contributed by atoms with Gasteiger partial charge in [0.15, 0.2) is 0 Å². The Balaban J connectivity index is 1.26. The molecule has 0 bridgehead atoms. The molecule has 290 valence electrons. The molecule has 0 radical (unpaired) electrons. The van der Waals surface area contributed by atoms with Gasteiger partial charge < -0.3 is 17.7 Å². The maximum absolute atomic E-state index is 7.37. The summed E-state index contributed by atoms with van der Waals surface area (Å²) < 4.78 is 28.4. The molecule has 4 nitrogen and oxygen atoms in total. The zero-order valence-electron chi connectivity index (χ0n) is 34.7. The first-order chi connectivity index (χ1) is 25.6.